The zero-order valence-electron chi connectivity index (χ0n) is 8.70. The number of nitrogens with one attached hydrogen (secondary N) is 1. The molecule has 0 atom stereocenters. The van der Waals surface area contributed by atoms with Crippen LogP contribution in [0.3, 0.4) is 0 Å². The Kier molecular flexibility index (Phi) is 3.25. The number of hydrogen-bond acceptors (Lipinski definition) is 3. The first-order valence-corrected chi connectivity index (χ1v) is 4.50. The van der Waals surface area contributed by atoms with Gasteiger partial charge in [0.15, 0.2) is 0 Å². The molecule has 14 heavy (non-hydrogen) atoms. The number of rotatable bonds is 3. The van der Waals surface area contributed by atoms with Crippen molar-refractivity contribution in [2.45, 2.75) is 26.4 Å². The first-order valence-electron chi connectivity index (χ1n) is 4.50. The summed E-state index contributed by atoms with van der Waals surface area (Å²) < 4.78 is 0. The van der Waals surface area contributed by atoms with Gasteiger partial charge in [0.25, 0.3) is 0 Å². The van der Waals surface area contributed by atoms with Crippen molar-refractivity contribution in [3.05, 3.63) is 29.8 Å². The van der Waals surface area contributed by atoms with Crippen molar-refractivity contribution in [2.75, 3.05) is 5.48 Å². The fraction of sp³-hybridized carbons (Fsp3) is 0.364. The summed E-state index contributed by atoms with van der Waals surface area (Å²) in [5.74, 6) is 0. The van der Waals surface area contributed by atoms with Crippen molar-refractivity contribution < 1.29 is 9.63 Å². The second-order valence-corrected chi connectivity index (χ2v) is 4.06. The Hall–Kier alpha value is -1.35. The third-order valence-electron chi connectivity index (χ3n) is 1.52. The molecule has 0 heterocycles. The van der Waals surface area contributed by atoms with E-state index in [9.17, 15) is 4.79 Å². The number of anilines is 1. The largest absolute Gasteiger partial charge is 0.298 e. The molecule has 1 rings (SSSR count). The van der Waals surface area contributed by atoms with Gasteiger partial charge in [-0.1, -0.05) is 0 Å². The summed E-state index contributed by atoms with van der Waals surface area (Å²) in [6, 6.07) is 7.08. The predicted octanol–water partition coefficient (Wildman–Crippen LogP) is 2.64. The Morgan fingerprint density at radius 3 is 2.21 bits per heavy atom. The van der Waals surface area contributed by atoms with Crippen molar-refractivity contribution in [3.63, 3.8) is 0 Å². The van der Waals surface area contributed by atoms with E-state index < -0.39 is 0 Å². The molecule has 1 aromatic rings. The van der Waals surface area contributed by atoms with Gasteiger partial charge in [0, 0.05) is 5.56 Å². The van der Waals surface area contributed by atoms with Gasteiger partial charge >= 0.3 is 0 Å². The van der Waals surface area contributed by atoms with Crippen LogP contribution in [-0.4, -0.2) is 11.9 Å². The summed E-state index contributed by atoms with van der Waals surface area (Å²) in [7, 11) is 0. The van der Waals surface area contributed by atoms with E-state index in [-0.39, 0.29) is 5.60 Å². The number of carbonyl (C=O) groups excluding carboxylic acids is 1. The van der Waals surface area contributed by atoms with Gasteiger partial charge in [0.1, 0.15) is 6.29 Å². The maximum absolute atomic E-state index is 10.4. The molecule has 0 radical (unpaired) electrons. The second-order valence-electron chi connectivity index (χ2n) is 4.06. The molecule has 0 aromatic heterocycles. The number of hydrogen-bond donors (Lipinski definition) is 1. The van der Waals surface area contributed by atoms with Crippen molar-refractivity contribution in [3.8, 4) is 0 Å². The molecule has 3 heteroatoms. The van der Waals surface area contributed by atoms with Crippen LogP contribution in [0.5, 0.6) is 0 Å². The second kappa shape index (κ2) is 4.24. The monoisotopic (exact) mass is 193 g/mol. The van der Waals surface area contributed by atoms with Gasteiger partial charge in [-0.2, -0.15) is 0 Å². The van der Waals surface area contributed by atoms with E-state index >= 15 is 0 Å². The molecule has 0 amide bonds. The zero-order valence-corrected chi connectivity index (χ0v) is 8.70. The maximum Gasteiger partial charge on any atom is 0.150 e. The maximum atomic E-state index is 10.4. The van der Waals surface area contributed by atoms with Crippen LogP contribution in [0.4, 0.5) is 5.69 Å². The van der Waals surface area contributed by atoms with Crippen LogP contribution >= 0.6 is 0 Å². The Morgan fingerprint density at radius 2 is 1.79 bits per heavy atom. The lowest BCUT2D eigenvalue weighted by Crippen LogP contribution is -2.22. The smallest absolute Gasteiger partial charge is 0.150 e. The average Bonchev–Trinajstić information content (AvgIpc) is 2.14. The minimum absolute atomic E-state index is 0.233. The molecule has 0 aliphatic heterocycles. The normalized spacial score (nSPS) is 11.1. The molecular weight excluding hydrogens is 178 g/mol. The summed E-state index contributed by atoms with van der Waals surface area (Å²) >= 11 is 0. The van der Waals surface area contributed by atoms with Gasteiger partial charge in [-0.05, 0) is 45.0 Å². The molecule has 0 aliphatic carbocycles. The molecule has 1 aromatic carbocycles. The van der Waals surface area contributed by atoms with Crippen LogP contribution in [0.1, 0.15) is 31.1 Å². The summed E-state index contributed by atoms with van der Waals surface area (Å²) in [5, 5.41) is 0. The molecule has 0 aliphatic rings. The minimum atomic E-state index is -0.233. The Labute approximate surface area is 84.0 Å². The van der Waals surface area contributed by atoms with Gasteiger partial charge < -0.3 is 0 Å². The Bertz CT molecular complexity index is 298. The molecule has 0 saturated heterocycles. The quantitative estimate of drug-likeness (QED) is 0.592. The standard InChI is InChI=1S/C11H15NO2/c1-11(2,3)14-12-10-6-4-9(8-13)5-7-10/h4-8,12H,1-3H3. The van der Waals surface area contributed by atoms with Crippen molar-refractivity contribution >= 4 is 12.0 Å². The van der Waals surface area contributed by atoms with Gasteiger partial charge in [-0.3, -0.25) is 15.1 Å². The summed E-state index contributed by atoms with van der Waals surface area (Å²) in [6.07, 6.45) is 0.814. The van der Waals surface area contributed by atoms with Crippen LogP contribution in [0, 0.1) is 0 Å². The minimum Gasteiger partial charge on any atom is -0.298 e. The number of carbonyl (C=O) groups is 1. The SMILES string of the molecule is CC(C)(C)ONc1ccc(C=O)cc1. The van der Waals surface area contributed by atoms with Crippen molar-refractivity contribution in [1.82, 2.24) is 0 Å². The van der Waals surface area contributed by atoms with Gasteiger partial charge in [-0.25, -0.2) is 0 Å². The van der Waals surface area contributed by atoms with E-state index in [0.717, 1.165) is 12.0 Å². The Balaban J connectivity index is 2.56. The third kappa shape index (κ3) is 3.58. The highest BCUT2D eigenvalue weighted by Gasteiger charge is 2.09. The van der Waals surface area contributed by atoms with Crippen LogP contribution in [0.25, 0.3) is 0 Å². The predicted molar refractivity (Wildman–Crippen MR) is 56.3 cm³/mol. The van der Waals surface area contributed by atoms with Crippen LogP contribution in [-0.2, 0) is 4.84 Å². The van der Waals surface area contributed by atoms with Crippen LogP contribution < -0.4 is 5.48 Å². The lowest BCUT2D eigenvalue weighted by Gasteiger charge is -2.19. The van der Waals surface area contributed by atoms with E-state index in [1.165, 1.54) is 0 Å². The first kappa shape index (κ1) is 10.7. The number of benzene rings is 1. The van der Waals surface area contributed by atoms with Gasteiger partial charge in [-0.15, -0.1) is 0 Å². The van der Waals surface area contributed by atoms with E-state index in [1.54, 1.807) is 24.3 Å². The van der Waals surface area contributed by atoms with Gasteiger partial charge in [0.05, 0.1) is 11.3 Å². The molecule has 3 nitrogen and oxygen atoms in total. The van der Waals surface area contributed by atoms with Crippen molar-refractivity contribution in [2.24, 2.45) is 0 Å². The first-order chi connectivity index (χ1) is 6.51. The molecule has 0 unspecified atom stereocenters. The molecule has 0 fully saturated rings. The van der Waals surface area contributed by atoms with Crippen LogP contribution in [0.15, 0.2) is 24.3 Å². The lowest BCUT2D eigenvalue weighted by molar-refractivity contribution is 0.0375. The summed E-state index contributed by atoms with van der Waals surface area (Å²) in [4.78, 5) is 15.7. The average molecular weight is 193 g/mol. The van der Waals surface area contributed by atoms with E-state index in [0.29, 0.717) is 5.56 Å². The van der Waals surface area contributed by atoms with E-state index in [1.807, 2.05) is 20.8 Å². The molecule has 0 saturated carbocycles. The molecule has 76 valence electrons. The summed E-state index contributed by atoms with van der Waals surface area (Å²) in [6.45, 7) is 5.87. The molecule has 0 spiro atoms. The highest BCUT2D eigenvalue weighted by atomic mass is 16.7. The number of aldehydes is 1. The molecule has 0 bridgehead atoms. The fourth-order valence-electron chi connectivity index (χ4n) is 0.842. The van der Waals surface area contributed by atoms with E-state index in [4.69, 9.17) is 4.84 Å². The highest BCUT2D eigenvalue weighted by molar-refractivity contribution is 5.75. The summed E-state index contributed by atoms with van der Waals surface area (Å²) in [5.41, 5.74) is 4.08. The highest BCUT2D eigenvalue weighted by Crippen LogP contribution is 2.12. The Morgan fingerprint density at radius 1 is 1.21 bits per heavy atom. The van der Waals surface area contributed by atoms with E-state index in [2.05, 4.69) is 5.48 Å². The third-order valence-corrected chi connectivity index (χ3v) is 1.52. The topological polar surface area (TPSA) is 38.3 Å². The fourth-order valence-corrected chi connectivity index (χ4v) is 0.842. The van der Waals surface area contributed by atoms with Crippen LogP contribution in [0.2, 0.25) is 0 Å². The van der Waals surface area contributed by atoms with Crippen molar-refractivity contribution in [1.29, 1.82) is 0 Å². The molecular formula is C11H15NO2. The lowest BCUT2D eigenvalue weighted by atomic mass is 10.2. The molecule has 1 N–H and O–H groups in total. The van der Waals surface area contributed by atoms with Gasteiger partial charge in [0.2, 0.25) is 0 Å². The zero-order chi connectivity index (χ0) is 10.6.